The third-order valence-corrected chi connectivity index (χ3v) is 3.31. The third kappa shape index (κ3) is 3.79. The van der Waals surface area contributed by atoms with E-state index in [4.69, 9.17) is 11.6 Å². The van der Waals surface area contributed by atoms with E-state index in [0.717, 1.165) is 11.1 Å². The molecule has 0 radical (unpaired) electrons. The summed E-state index contributed by atoms with van der Waals surface area (Å²) in [5.74, 6) is -0.440. The van der Waals surface area contributed by atoms with E-state index in [1.54, 1.807) is 0 Å². The Labute approximate surface area is 126 Å². The van der Waals surface area contributed by atoms with E-state index in [9.17, 15) is 14.9 Å². The van der Waals surface area contributed by atoms with Crippen LogP contribution in [0.25, 0.3) is 0 Å². The van der Waals surface area contributed by atoms with E-state index in [-0.39, 0.29) is 16.3 Å². The zero-order chi connectivity index (χ0) is 15.4. The number of halogens is 1. The van der Waals surface area contributed by atoms with Gasteiger partial charge in [0, 0.05) is 18.7 Å². The molecule has 108 valence electrons. The number of carbonyl (C=O) groups is 1. The molecule has 1 amide bonds. The Morgan fingerprint density at radius 1 is 1.24 bits per heavy atom. The molecule has 0 bridgehead atoms. The van der Waals surface area contributed by atoms with E-state index in [0.29, 0.717) is 6.54 Å². The molecule has 0 aromatic heterocycles. The lowest BCUT2D eigenvalue weighted by Crippen LogP contribution is -2.23. The van der Waals surface area contributed by atoms with Crippen LogP contribution in [0.2, 0.25) is 5.02 Å². The van der Waals surface area contributed by atoms with Crippen LogP contribution in [0.3, 0.4) is 0 Å². The van der Waals surface area contributed by atoms with E-state index in [1.807, 2.05) is 31.2 Å². The molecule has 0 aliphatic heterocycles. The highest BCUT2D eigenvalue weighted by Crippen LogP contribution is 2.22. The van der Waals surface area contributed by atoms with Crippen molar-refractivity contribution in [2.24, 2.45) is 0 Å². The predicted molar refractivity (Wildman–Crippen MR) is 80.5 cm³/mol. The highest BCUT2D eigenvalue weighted by atomic mass is 35.5. The van der Waals surface area contributed by atoms with Crippen LogP contribution in [0.15, 0.2) is 42.5 Å². The number of rotatable bonds is 4. The number of nitro benzene ring substituents is 1. The molecule has 2 aromatic rings. The quantitative estimate of drug-likeness (QED) is 0.694. The molecular weight excluding hydrogens is 292 g/mol. The monoisotopic (exact) mass is 304 g/mol. The zero-order valence-corrected chi connectivity index (χ0v) is 12.1. The van der Waals surface area contributed by atoms with Crippen LogP contribution in [0.4, 0.5) is 5.69 Å². The fourth-order valence-corrected chi connectivity index (χ4v) is 1.99. The molecule has 0 fully saturated rings. The van der Waals surface area contributed by atoms with Crippen molar-refractivity contribution in [3.8, 4) is 0 Å². The summed E-state index contributed by atoms with van der Waals surface area (Å²) in [5.41, 5.74) is 2.00. The number of nitro groups is 1. The average molecular weight is 305 g/mol. The lowest BCUT2D eigenvalue weighted by atomic mass is 10.1. The fourth-order valence-electron chi connectivity index (χ4n) is 1.78. The highest BCUT2D eigenvalue weighted by molar-refractivity contribution is 6.33. The van der Waals surface area contributed by atoms with Crippen LogP contribution in [-0.4, -0.2) is 10.8 Å². The van der Waals surface area contributed by atoms with Gasteiger partial charge in [-0.3, -0.25) is 14.9 Å². The molecule has 0 aliphatic rings. The molecule has 0 aliphatic carbocycles. The number of amides is 1. The van der Waals surface area contributed by atoms with Gasteiger partial charge in [0.15, 0.2) is 0 Å². The Kier molecular flexibility index (Phi) is 4.55. The highest BCUT2D eigenvalue weighted by Gasteiger charge is 2.15. The van der Waals surface area contributed by atoms with Gasteiger partial charge in [0.05, 0.1) is 15.5 Å². The topological polar surface area (TPSA) is 72.2 Å². The van der Waals surface area contributed by atoms with Gasteiger partial charge in [0.2, 0.25) is 0 Å². The molecule has 21 heavy (non-hydrogen) atoms. The van der Waals surface area contributed by atoms with Crippen molar-refractivity contribution in [2.45, 2.75) is 13.5 Å². The molecule has 0 heterocycles. The Balaban J connectivity index is 2.11. The molecule has 2 rings (SSSR count). The first kappa shape index (κ1) is 15.0. The minimum Gasteiger partial charge on any atom is -0.348 e. The maximum atomic E-state index is 12.1. The van der Waals surface area contributed by atoms with Crippen LogP contribution in [0, 0.1) is 17.0 Å². The van der Waals surface area contributed by atoms with Crippen LogP contribution >= 0.6 is 11.6 Å². The van der Waals surface area contributed by atoms with Crippen molar-refractivity contribution in [1.29, 1.82) is 0 Å². The summed E-state index contributed by atoms with van der Waals surface area (Å²) in [4.78, 5) is 22.2. The minimum absolute atomic E-state index is 0.0954. The summed E-state index contributed by atoms with van der Waals surface area (Å²) in [6, 6.07) is 11.5. The van der Waals surface area contributed by atoms with Crippen molar-refractivity contribution in [3.05, 3.63) is 74.3 Å². The van der Waals surface area contributed by atoms with Gasteiger partial charge in [-0.1, -0.05) is 41.4 Å². The number of nitrogens with one attached hydrogen (secondary N) is 1. The Hall–Kier alpha value is -2.40. The number of nitrogens with zero attached hydrogens (tertiary/aromatic N) is 1. The molecule has 0 atom stereocenters. The number of non-ortho nitro benzene ring substituents is 1. The number of hydrogen-bond acceptors (Lipinski definition) is 3. The first-order valence-corrected chi connectivity index (χ1v) is 6.63. The minimum atomic E-state index is -0.562. The van der Waals surface area contributed by atoms with Crippen molar-refractivity contribution in [1.82, 2.24) is 5.32 Å². The van der Waals surface area contributed by atoms with Crippen LogP contribution in [0.5, 0.6) is 0 Å². The summed E-state index contributed by atoms with van der Waals surface area (Å²) >= 11 is 5.91. The first-order chi connectivity index (χ1) is 9.97. The van der Waals surface area contributed by atoms with E-state index in [2.05, 4.69) is 5.32 Å². The largest absolute Gasteiger partial charge is 0.348 e. The second-order valence-electron chi connectivity index (χ2n) is 4.59. The molecule has 0 unspecified atom stereocenters. The summed E-state index contributed by atoms with van der Waals surface area (Å²) in [7, 11) is 0. The molecule has 1 N–H and O–H groups in total. The van der Waals surface area contributed by atoms with Crippen molar-refractivity contribution in [2.75, 3.05) is 0 Å². The Bertz CT molecular complexity index is 684. The van der Waals surface area contributed by atoms with Crippen LogP contribution < -0.4 is 5.32 Å². The fraction of sp³-hybridized carbons (Fsp3) is 0.133. The standard InChI is InChI=1S/C15H13ClN2O3/c1-10-2-4-11(5-3-10)9-17-15(19)13-8-12(18(20)21)6-7-14(13)16/h2-8H,9H2,1H3,(H,17,19). The maximum absolute atomic E-state index is 12.1. The van der Waals surface area contributed by atoms with Gasteiger partial charge in [-0.15, -0.1) is 0 Å². The summed E-state index contributed by atoms with van der Waals surface area (Å²) in [6.45, 7) is 2.31. The summed E-state index contributed by atoms with van der Waals surface area (Å²) in [6.07, 6.45) is 0. The second kappa shape index (κ2) is 6.37. The predicted octanol–water partition coefficient (Wildman–Crippen LogP) is 3.49. The molecule has 5 nitrogen and oxygen atoms in total. The van der Waals surface area contributed by atoms with Crippen molar-refractivity contribution < 1.29 is 9.72 Å². The molecule has 0 saturated carbocycles. The number of benzene rings is 2. The normalized spacial score (nSPS) is 10.2. The van der Waals surface area contributed by atoms with E-state index >= 15 is 0 Å². The van der Waals surface area contributed by atoms with Crippen molar-refractivity contribution >= 4 is 23.2 Å². The number of aryl methyl sites for hydroxylation is 1. The van der Waals surface area contributed by atoms with Gasteiger partial charge < -0.3 is 5.32 Å². The molecule has 0 saturated heterocycles. The molecule has 2 aromatic carbocycles. The van der Waals surface area contributed by atoms with E-state index < -0.39 is 10.8 Å². The van der Waals surface area contributed by atoms with Gasteiger partial charge in [-0.2, -0.15) is 0 Å². The molecule has 0 spiro atoms. The van der Waals surface area contributed by atoms with Gasteiger partial charge in [-0.25, -0.2) is 0 Å². The Morgan fingerprint density at radius 2 is 1.90 bits per heavy atom. The van der Waals surface area contributed by atoms with Gasteiger partial charge in [-0.05, 0) is 18.6 Å². The Morgan fingerprint density at radius 3 is 2.52 bits per heavy atom. The lowest BCUT2D eigenvalue weighted by Gasteiger charge is -2.07. The third-order valence-electron chi connectivity index (χ3n) is 2.98. The SMILES string of the molecule is Cc1ccc(CNC(=O)c2cc([N+](=O)[O-])ccc2Cl)cc1. The van der Waals surface area contributed by atoms with Gasteiger partial charge in [0.25, 0.3) is 11.6 Å². The number of hydrogen-bond donors (Lipinski definition) is 1. The number of carbonyl (C=O) groups excluding carboxylic acids is 1. The maximum Gasteiger partial charge on any atom is 0.270 e. The first-order valence-electron chi connectivity index (χ1n) is 6.25. The zero-order valence-electron chi connectivity index (χ0n) is 11.3. The molecule has 6 heteroatoms. The molecular formula is C15H13ClN2O3. The summed E-state index contributed by atoms with van der Waals surface area (Å²) in [5, 5.41) is 13.6. The summed E-state index contributed by atoms with van der Waals surface area (Å²) < 4.78 is 0. The average Bonchev–Trinajstić information content (AvgIpc) is 2.46. The second-order valence-corrected chi connectivity index (χ2v) is 5.00. The van der Waals surface area contributed by atoms with Gasteiger partial charge >= 0.3 is 0 Å². The smallest absolute Gasteiger partial charge is 0.270 e. The lowest BCUT2D eigenvalue weighted by molar-refractivity contribution is -0.384. The van der Waals surface area contributed by atoms with Gasteiger partial charge in [0.1, 0.15) is 0 Å². The van der Waals surface area contributed by atoms with Crippen molar-refractivity contribution in [3.63, 3.8) is 0 Å². The van der Waals surface area contributed by atoms with E-state index in [1.165, 1.54) is 18.2 Å². The van der Waals surface area contributed by atoms with Crippen LogP contribution in [-0.2, 0) is 6.54 Å². The van der Waals surface area contributed by atoms with Crippen LogP contribution in [0.1, 0.15) is 21.5 Å².